The summed E-state index contributed by atoms with van der Waals surface area (Å²) in [6.07, 6.45) is 0. The molecule has 0 aliphatic heterocycles. The fourth-order valence-corrected chi connectivity index (χ4v) is 3.15. The second-order valence-corrected chi connectivity index (χ2v) is 6.13. The second kappa shape index (κ2) is 7.56. The third kappa shape index (κ3) is 5.11. The van der Waals surface area contributed by atoms with Gasteiger partial charge in [0.25, 0.3) is 0 Å². The molecule has 2 N–H and O–H groups in total. The monoisotopic (exact) mass is 362 g/mol. The fraction of sp³-hybridized carbons (Fsp3) is 0.333. The highest BCUT2D eigenvalue weighted by Crippen LogP contribution is 2.24. The van der Waals surface area contributed by atoms with Gasteiger partial charge in [0.15, 0.2) is 0 Å². The molecule has 1 aromatic rings. The minimum absolute atomic E-state index is 0. The Hall–Kier alpha value is 0.150. The number of benzene rings is 1. The van der Waals surface area contributed by atoms with E-state index in [4.69, 9.17) is 11.6 Å². The second-order valence-electron chi connectivity index (χ2n) is 3.08. The molecule has 1 rings (SSSR count). The van der Waals surface area contributed by atoms with E-state index >= 15 is 0 Å². The topological polar surface area (TPSA) is 58.2 Å². The zero-order valence-corrected chi connectivity index (χ0v) is 13.0. The number of halogens is 3. The van der Waals surface area contributed by atoms with E-state index in [1.54, 1.807) is 19.2 Å². The minimum atomic E-state index is -3.52. The van der Waals surface area contributed by atoms with Gasteiger partial charge in [0, 0.05) is 17.6 Å². The first-order chi connectivity index (χ1) is 7.47. The van der Waals surface area contributed by atoms with Crippen molar-refractivity contribution in [3.63, 3.8) is 0 Å². The van der Waals surface area contributed by atoms with Gasteiger partial charge in [0.2, 0.25) is 10.0 Å². The smallest absolute Gasteiger partial charge is 0.242 e. The fourth-order valence-electron chi connectivity index (χ4n) is 1.08. The summed E-state index contributed by atoms with van der Waals surface area (Å²) in [6, 6.07) is 4.65. The molecule has 0 spiro atoms. The Morgan fingerprint density at radius 3 is 2.53 bits per heavy atom. The maximum absolute atomic E-state index is 11.8. The third-order valence-electron chi connectivity index (χ3n) is 1.85. The van der Waals surface area contributed by atoms with Crippen LogP contribution in [0.2, 0.25) is 5.02 Å². The lowest BCUT2D eigenvalue weighted by molar-refractivity contribution is 0.579. The summed E-state index contributed by atoms with van der Waals surface area (Å²) in [5, 5.41) is 3.05. The predicted octanol–water partition coefficient (Wildman–Crippen LogP) is 2.02. The quantitative estimate of drug-likeness (QED) is 0.787. The molecule has 98 valence electrons. The Kier molecular flexibility index (Phi) is 7.62. The van der Waals surface area contributed by atoms with Crippen LogP contribution in [0, 0.1) is 0 Å². The van der Waals surface area contributed by atoms with Crippen LogP contribution in [-0.2, 0) is 10.0 Å². The maximum atomic E-state index is 11.8. The summed E-state index contributed by atoms with van der Waals surface area (Å²) in [4.78, 5) is 0.0912. The molecule has 0 radical (unpaired) electrons. The predicted molar refractivity (Wildman–Crippen MR) is 75.5 cm³/mol. The van der Waals surface area contributed by atoms with Gasteiger partial charge in [0.1, 0.15) is 4.90 Å². The number of nitrogens with one attached hydrogen (secondary N) is 2. The molecule has 8 heteroatoms. The highest BCUT2D eigenvalue weighted by molar-refractivity contribution is 9.10. The van der Waals surface area contributed by atoms with E-state index in [1.807, 2.05) is 0 Å². The average molecular weight is 364 g/mol. The zero-order chi connectivity index (χ0) is 12.2. The van der Waals surface area contributed by atoms with Crippen LogP contribution in [0.1, 0.15) is 0 Å². The van der Waals surface area contributed by atoms with Gasteiger partial charge in [-0.1, -0.05) is 27.5 Å². The van der Waals surface area contributed by atoms with Gasteiger partial charge in [-0.3, -0.25) is 0 Å². The van der Waals surface area contributed by atoms with E-state index in [0.29, 0.717) is 13.1 Å². The Balaban J connectivity index is 0.00000256. The van der Waals surface area contributed by atoms with Crippen molar-refractivity contribution < 1.29 is 8.42 Å². The van der Waals surface area contributed by atoms with E-state index in [1.165, 1.54) is 6.07 Å². The van der Waals surface area contributed by atoms with Crippen LogP contribution in [0.15, 0.2) is 27.6 Å². The van der Waals surface area contributed by atoms with Crippen molar-refractivity contribution in [3.05, 3.63) is 27.7 Å². The molecule has 0 bridgehead atoms. The lowest BCUT2D eigenvalue weighted by Crippen LogP contribution is -2.30. The number of hydrogen-bond acceptors (Lipinski definition) is 3. The molecule has 4 nitrogen and oxygen atoms in total. The molecule has 0 amide bonds. The van der Waals surface area contributed by atoms with Crippen LogP contribution < -0.4 is 10.0 Å². The first-order valence-electron chi connectivity index (χ1n) is 4.56. The third-order valence-corrected chi connectivity index (χ3v) is 4.29. The van der Waals surface area contributed by atoms with E-state index in [2.05, 4.69) is 26.0 Å². The van der Waals surface area contributed by atoms with Crippen LogP contribution in [-0.4, -0.2) is 28.6 Å². The normalized spacial score (nSPS) is 11.0. The van der Waals surface area contributed by atoms with Gasteiger partial charge in [0.05, 0.1) is 5.02 Å². The Morgan fingerprint density at radius 1 is 1.35 bits per heavy atom. The molecule has 0 saturated heterocycles. The van der Waals surface area contributed by atoms with Gasteiger partial charge in [-0.15, -0.1) is 12.4 Å². The molecule has 0 heterocycles. The van der Waals surface area contributed by atoms with Crippen LogP contribution in [0.5, 0.6) is 0 Å². The van der Waals surface area contributed by atoms with Gasteiger partial charge in [-0.25, -0.2) is 13.1 Å². The minimum Gasteiger partial charge on any atom is -0.318 e. The van der Waals surface area contributed by atoms with Gasteiger partial charge in [-0.2, -0.15) is 0 Å². The number of rotatable bonds is 5. The Morgan fingerprint density at radius 2 is 2.00 bits per heavy atom. The lowest BCUT2D eigenvalue weighted by Gasteiger charge is -2.08. The van der Waals surface area contributed by atoms with Crippen molar-refractivity contribution >= 4 is 50.0 Å². The maximum Gasteiger partial charge on any atom is 0.242 e. The summed E-state index contributed by atoms with van der Waals surface area (Å²) in [7, 11) is -1.77. The van der Waals surface area contributed by atoms with E-state index in [-0.39, 0.29) is 22.3 Å². The molecule has 0 atom stereocenters. The van der Waals surface area contributed by atoms with Gasteiger partial charge in [-0.05, 0) is 25.2 Å². The molecule has 0 saturated carbocycles. The zero-order valence-electron chi connectivity index (χ0n) is 9.04. The van der Waals surface area contributed by atoms with Gasteiger partial charge < -0.3 is 5.32 Å². The molecular weight excluding hydrogens is 351 g/mol. The lowest BCUT2D eigenvalue weighted by atomic mass is 10.4. The molecular formula is C9H13BrCl2N2O2S. The SMILES string of the molecule is CNCCNS(=O)(=O)c1ccc(Br)cc1Cl.Cl. The summed E-state index contributed by atoms with van der Waals surface area (Å²) in [6.45, 7) is 0.888. The van der Waals surface area contributed by atoms with Crippen LogP contribution >= 0.6 is 39.9 Å². The van der Waals surface area contributed by atoms with Crippen LogP contribution in [0.3, 0.4) is 0 Å². The van der Waals surface area contributed by atoms with Crippen molar-refractivity contribution in [1.82, 2.24) is 10.0 Å². The van der Waals surface area contributed by atoms with Crippen molar-refractivity contribution in [2.75, 3.05) is 20.1 Å². The van der Waals surface area contributed by atoms with Crippen molar-refractivity contribution in [2.45, 2.75) is 4.90 Å². The average Bonchev–Trinajstić information content (AvgIpc) is 2.17. The molecule has 17 heavy (non-hydrogen) atoms. The number of likely N-dealkylation sites (N-methyl/N-ethyl adjacent to an activating group) is 1. The van der Waals surface area contributed by atoms with E-state index < -0.39 is 10.0 Å². The molecule has 0 fully saturated rings. The van der Waals surface area contributed by atoms with Crippen molar-refractivity contribution in [3.8, 4) is 0 Å². The Bertz CT molecular complexity index is 468. The summed E-state index contributed by atoms with van der Waals surface area (Å²) in [5.41, 5.74) is 0. The van der Waals surface area contributed by atoms with Gasteiger partial charge >= 0.3 is 0 Å². The largest absolute Gasteiger partial charge is 0.318 e. The summed E-state index contributed by atoms with van der Waals surface area (Å²) in [5.74, 6) is 0. The number of sulfonamides is 1. The standard InChI is InChI=1S/C9H12BrClN2O2S.ClH/c1-12-4-5-13-16(14,15)9-3-2-7(10)6-8(9)11;/h2-3,6,12-13H,4-5H2,1H3;1H. The first kappa shape index (κ1) is 17.2. The summed E-state index contributed by atoms with van der Waals surface area (Å²) >= 11 is 9.08. The first-order valence-corrected chi connectivity index (χ1v) is 7.22. The van der Waals surface area contributed by atoms with Crippen molar-refractivity contribution in [2.24, 2.45) is 0 Å². The summed E-state index contributed by atoms with van der Waals surface area (Å²) < 4.78 is 26.8. The van der Waals surface area contributed by atoms with Crippen LogP contribution in [0.25, 0.3) is 0 Å². The van der Waals surface area contributed by atoms with Crippen molar-refractivity contribution in [1.29, 1.82) is 0 Å². The number of hydrogen-bond donors (Lipinski definition) is 2. The Labute approximate surface area is 121 Å². The molecule has 0 unspecified atom stereocenters. The highest BCUT2D eigenvalue weighted by Gasteiger charge is 2.16. The molecule has 0 aliphatic rings. The van der Waals surface area contributed by atoms with E-state index in [9.17, 15) is 8.42 Å². The molecule has 0 aliphatic carbocycles. The molecule has 0 aromatic heterocycles. The molecule has 1 aromatic carbocycles. The highest BCUT2D eigenvalue weighted by atomic mass is 79.9. The van der Waals surface area contributed by atoms with E-state index in [0.717, 1.165) is 4.47 Å². The van der Waals surface area contributed by atoms with Crippen LogP contribution in [0.4, 0.5) is 0 Å².